The number of carbonyl (C=O) groups is 2. The first kappa shape index (κ1) is 20.8. The molecule has 1 N–H and O–H groups in total. The molecule has 0 bridgehead atoms. The van der Waals surface area contributed by atoms with Crippen LogP contribution in [0.1, 0.15) is 41.4 Å². The van der Waals surface area contributed by atoms with Gasteiger partial charge in [0.05, 0.1) is 11.9 Å². The quantitative estimate of drug-likeness (QED) is 0.668. The first-order chi connectivity index (χ1) is 15.2. The van der Waals surface area contributed by atoms with Gasteiger partial charge in [-0.25, -0.2) is 0 Å². The minimum atomic E-state index is -0.0518. The van der Waals surface area contributed by atoms with Crippen LogP contribution in [0.3, 0.4) is 0 Å². The molecule has 0 radical (unpaired) electrons. The SMILES string of the molecule is CCc1ccc(CNC(=O)C2CCN(C(=O)c3cccn3-c3cccnc3)CC2)cc1. The number of carbonyl (C=O) groups excluding carboxylic acids is 2. The summed E-state index contributed by atoms with van der Waals surface area (Å²) < 4.78 is 1.86. The molecule has 31 heavy (non-hydrogen) atoms. The van der Waals surface area contributed by atoms with Crippen molar-refractivity contribution >= 4 is 11.8 Å². The van der Waals surface area contributed by atoms with E-state index >= 15 is 0 Å². The second-order valence-corrected chi connectivity index (χ2v) is 7.93. The number of hydrogen-bond acceptors (Lipinski definition) is 3. The Hall–Kier alpha value is -3.41. The topological polar surface area (TPSA) is 67.2 Å². The molecule has 4 rings (SSSR count). The predicted molar refractivity (Wildman–Crippen MR) is 120 cm³/mol. The number of piperidine rings is 1. The summed E-state index contributed by atoms with van der Waals surface area (Å²) in [6.45, 7) is 3.84. The number of rotatable bonds is 6. The van der Waals surface area contributed by atoms with Gasteiger partial charge in [0.25, 0.3) is 5.91 Å². The Morgan fingerprint density at radius 3 is 2.45 bits per heavy atom. The summed E-state index contributed by atoms with van der Waals surface area (Å²) in [5.74, 6) is 0.0122. The van der Waals surface area contributed by atoms with E-state index in [1.165, 1.54) is 5.56 Å². The molecular formula is C25H28N4O2. The highest BCUT2D eigenvalue weighted by molar-refractivity contribution is 5.93. The maximum Gasteiger partial charge on any atom is 0.270 e. The van der Waals surface area contributed by atoms with Gasteiger partial charge in [-0.2, -0.15) is 0 Å². The van der Waals surface area contributed by atoms with Gasteiger partial charge in [0.15, 0.2) is 0 Å². The number of aromatic nitrogens is 2. The minimum absolute atomic E-state index is 0.0104. The number of nitrogens with one attached hydrogen (secondary N) is 1. The number of likely N-dealkylation sites (tertiary alicyclic amines) is 1. The van der Waals surface area contributed by atoms with Crippen LogP contribution in [-0.4, -0.2) is 39.4 Å². The molecule has 160 valence electrons. The van der Waals surface area contributed by atoms with E-state index in [1.807, 2.05) is 39.9 Å². The van der Waals surface area contributed by atoms with E-state index in [1.54, 1.807) is 12.4 Å². The van der Waals surface area contributed by atoms with Gasteiger partial charge in [-0.05, 0) is 54.7 Å². The lowest BCUT2D eigenvalue weighted by Crippen LogP contribution is -2.43. The van der Waals surface area contributed by atoms with Crippen LogP contribution >= 0.6 is 0 Å². The Bertz CT molecular complexity index is 1020. The zero-order chi connectivity index (χ0) is 21.6. The van der Waals surface area contributed by atoms with Gasteiger partial charge in [0, 0.05) is 37.9 Å². The van der Waals surface area contributed by atoms with Crippen molar-refractivity contribution in [3.05, 3.63) is 83.9 Å². The maximum absolute atomic E-state index is 13.1. The highest BCUT2D eigenvalue weighted by Gasteiger charge is 2.28. The van der Waals surface area contributed by atoms with Crippen molar-refractivity contribution in [2.24, 2.45) is 5.92 Å². The van der Waals surface area contributed by atoms with Gasteiger partial charge < -0.3 is 14.8 Å². The molecule has 1 saturated heterocycles. The minimum Gasteiger partial charge on any atom is -0.352 e. The average Bonchev–Trinajstić information content (AvgIpc) is 3.33. The van der Waals surface area contributed by atoms with Crippen LogP contribution in [0.5, 0.6) is 0 Å². The zero-order valence-corrected chi connectivity index (χ0v) is 17.8. The van der Waals surface area contributed by atoms with E-state index in [0.29, 0.717) is 38.2 Å². The second-order valence-electron chi connectivity index (χ2n) is 7.93. The largest absolute Gasteiger partial charge is 0.352 e. The summed E-state index contributed by atoms with van der Waals surface area (Å²) in [6.07, 6.45) is 7.70. The van der Waals surface area contributed by atoms with Crippen molar-refractivity contribution in [3.63, 3.8) is 0 Å². The number of amides is 2. The van der Waals surface area contributed by atoms with E-state index in [0.717, 1.165) is 17.7 Å². The van der Waals surface area contributed by atoms with E-state index in [2.05, 4.69) is 41.5 Å². The van der Waals surface area contributed by atoms with E-state index < -0.39 is 0 Å². The van der Waals surface area contributed by atoms with Crippen LogP contribution in [0.2, 0.25) is 0 Å². The van der Waals surface area contributed by atoms with Gasteiger partial charge in [0.2, 0.25) is 5.91 Å². The summed E-state index contributed by atoms with van der Waals surface area (Å²) in [5, 5.41) is 3.05. The third-order valence-corrected chi connectivity index (χ3v) is 5.94. The molecule has 0 spiro atoms. The first-order valence-electron chi connectivity index (χ1n) is 10.9. The molecule has 2 amide bonds. The molecule has 1 aliphatic heterocycles. The monoisotopic (exact) mass is 416 g/mol. The van der Waals surface area contributed by atoms with Crippen LogP contribution in [0.15, 0.2) is 67.1 Å². The Balaban J connectivity index is 1.31. The van der Waals surface area contributed by atoms with E-state index in [9.17, 15) is 9.59 Å². The second kappa shape index (κ2) is 9.60. The molecule has 0 atom stereocenters. The van der Waals surface area contributed by atoms with Crippen LogP contribution < -0.4 is 5.32 Å². The normalized spacial score (nSPS) is 14.4. The summed E-state index contributed by atoms with van der Waals surface area (Å²) in [4.78, 5) is 31.7. The molecule has 3 heterocycles. The summed E-state index contributed by atoms with van der Waals surface area (Å²) >= 11 is 0. The number of nitrogens with zero attached hydrogens (tertiary/aromatic N) is 3. The number of hydrogen-bond donors (Lipinski definition) is 1. The van der Waals surface area contributed by atoms with Crippen LogP contribution in [0.4, 0.5) is 0 Å². The summed E-state index contributed by atoms with van der Waals surface area (Å²) in [6, 6.07) is 15.8. The van der Waals surface area contributed by atoms with Crippen molar-refractivity contribution in [3.8, 4) is 5.69 Å². The molecule has 1 aliphatic rings. The molecule has 6 heteroatoms. The highest BCUT2D eigenvalue weighted by atomic mass is 16.2. The molecular weight excluding hydrogens is 388 g/mol. The lowest BCUT2D eigenvalue weighted by atomic mass is 9.95. The van der Waals surface area contributed by atoms with E-state index in [-0.39, 0.29) is 17.7 Å². The Labute approximate surface area is 182 Å². The van der Waals surface area contributed by atoms with Gasteiger partial charge in [-0.15, -0.1) is 0 Å². The van der Waals surface area contributed by atoms with Crippen LogP contribution in [0.25, 0.3) is 5.69 Å². The fourth-order valence-corrected chi connectivity index (χ4v) is 4.01. The Kier molecular flexibility index (Phi) is 6.46. The Morgan fingerprint density at radius 1 is 1.03 bits per heavy atom. The van der Waals surface area contributed by atoms with Crippen molar-refractivity contribution in [2.75, 3.05) is 13.1 Å². The van der Waals surface area contributed by atoms with Gasteiger partial charge in [0.1, 0.15) is 5.69 Å². The smallest absolute Gasteiger partial charge is 0.270 e. The Morgan fingerprint density at radius 2 is 1.77 bits per heavy atom. The van der Waals surface area contributed by atoms with Crippen molar-refractivity contribution in [1.29, 1.82) is 0 Å². The summed E-state index contributed by atoms with van der Waals surface area (Å²) in [7, 11) is 0. The molecule has 0 unspecified atom stereocenters. The van der Waals surface area contributed by atoms with Gasteiger partial charge in [-0.3, -0.25) is 14.6 Å². The van der Waals surface area contributed by atoms with Crippen LogP contribution in [-0.2, 0) is 17.8 Å². The first-order valence-corrected chi connectivity index (χ1v) is 10.9. The number of benzene rings is 1. The molecule has 2 aromatic heterocycles. The molecule has 0 aliphatic carbocycles. The van der Waals surface area contributed by atoms with Gasteiger partial charge >= 0.3 is 0 Å². The lowest BCUT2D eigenvalue weighted by molar-refractivity contribution is -0.126. The highest BCUT2D eigenvalue weighted by Crippen LogP contribution is 2.21. The van der Waals surface area contributed by atoms with E-state index in [4.69, 9.17) is 0 Å². The number of aryl methyl sites for hydroxylation is 1. The van der Waals surface area contributed by atoms with Crippen LogP contribution in [0, 0.1) is 5.92 Å². The molecule has 6 nitrogen and oxygen atoms in total. The van der Waals surface area contributed by atoms with Gasteiger partial charge in [-0.1, -0.05) is 31.2 Å². The lowest BCUT2D eigenvalue weighted by Gasteiger charge is -2.31. The third-order valence-electron chi connectivity index (χ3n) is 5.94. The number of pyridine rings is 1. The molecule has 0 saturated carbocycles. The average molecular weight is 417 g/mol. The third kappa shape index (κ3) is 4.85. The molecule has 3 aromatic rings. The fourth-order valence-electron chi connectivity index (χ4n) is 4.01. The zero-order valence-electron chi connectivity index (χ0n) is 17.8. The maximum atomic E-state index is 13.1. The van der Waals surface area contributed by atoms with Crippen molar-refractivity contribution in [2.45, 2.75) is 32.7 Å². The standard InChI is InChI=1S/C25H28N4O2/c1-2-19-7-9-20(10-8-19)17-27-24(30)21-11-15-28(16-12-21)25(31)23-6-4-14-29(23)22-5-3-13-26-18-22/h3-10,13-14,18,21H,2,11-12,15-17H2,1H3,(H,27,30). The predicted octanol–water partition coefficient (Wildman–Crippen LogP) is 3.60. The molecule has 1 aromatic carbocycles. The molecule has 1 fully saturated rings. The summed E-state index contributed by atoms with van der Waals surface area (Å²) in [5.41, 5.74) is 3.87. The van der Waals surface area contributed by atoms with Crippen molar-refractivity contribution in [1.82, 2.24) is 19.8 Å². The van der Waals surface area contributed by atoms with Crippen molar-refractivity contribution < 1.29 is 9.59 Å². The fraction of sp³-hybridized carbons (Fsp3) is 0.320.